The summed E-state index contributed by atoms with van der Waals surface area (Å²) >= 11 is 0. The van der Waals surface area contributed by atoms with Crippen molar-refractivity contribution >= 4 is 12.2 Å². The van der Waals surface area contributed by atoms with Gasteiger partial charge in [-0.1, -0.05) is 72.1 Å². The van der Waals surface area contributed by atoms with Gasteiger partial charge in [0, 0.05) is 24.6 Å². The average Bonchev–Trinajstić information content (AvgIpc) is 2.55. The number of nitrogens with zero attached hydrogens (tertiary/aromatic N) is 1. The van der Waals surface area contributed by atoms with Gasteiger partial charge in [0.15, 0.2) is 0 Å². The van der Waals surface area contributed by atoms with Crippen LogP contribution in [0.3, 0.4) is 0 Å². The van der Waals surface area contributed by atoms with Crippen molar-refractivity contribution in [3.63, 3.8) is 0 Å². The van der Waals surface area contributed by atoms with Crippen LogP contribution in [0, 0.1) is 5.41 Å². The fraction of sp³-hybridized carbons (Fsp3) is 0.900. The SMILES string of the molecule is CCCCCCCCCCCC(=O)OCC(C)(C)C=NCCCN. The molecule has 0 aliphatic carbocycles. The van der Waals surface area contributed by atoms with Crippen LogP contribution in [0.2, 0.25) is 0 Å². The van der Waals surface area contributed by atoms with Crippen LogP contribution in [0.5, 0.6) is 0 Å². The van der Waals surface area contributed by atoms with Crippen molar-refractivity contribution in [2.24, 2.45) is 16.1 Å². The van der Waals surface area contributed by atoms with Gasteiger partial charge in [0.05, 0.1) is 0 Å². The summed E-state index contributed by atoms with van der Waals surface area (Å²) in [5, 5.41) is 0. The van der Waals surface area contributed by atoms with Crippen molar-refractivity contribution < 1.29 is 9.53 Å². The molecule has 4 nitrogen and oxygen atoms in total. The Bertz CT molecular complexity index is 328. The minimum Gasteiger partial charge on any atom is -0.465 e. The van der Waals surface area contributed by atoms with Gasteiger partial charge in [0.2, 0.25) is 0 Å². The number of hydrogen-bond acceptors (Lipinski definition) is 4. The first-order valence-corrected chi connectivity index (χ1v) is 9.88. The second-order valence-corrected chi connectivity index (χ2v) is 7.41. The predicted octanol–water partition coefficient (Wildman–Crippen LogP) is 4.90. The molecule has 142 valence electrons. The molecule has 0 aromatic heterocycles. The Balaban J connectivity index is 3.56. The van der Waals surface area contributed by atoms with Crippen LogP contribution >= 0.6 is 0 Å². The molecule has 0 aromatic rings. The molecular formula is C20H40N2O2. The van der Waals surface area contributed by atoms with Gasteiger partial charge in [-0.3, -0.25) is 9.79 Å². The van der Waals surface area contributed by atoms with Crippen molar-refractivity contribution in [1.29, 1.82) is 0 Å². The average molecular weight is 341 g/mol. The molecule has 2 N–H and O–H groups in total. The Morgan fingerprint density at radius 3 is 2.17 bits per heavy atom. The van der Waals surface area contributed by atoms with E-state index in [0.717, 1.165) is 25.8 Å². The fourth-order valence-corrected chi connectivity index (χ4v) is 2.45. The lowest BCUT2D eigenvalue weighted by atomic mass is 9.97. The second kappa shape index (κ2) is 15.6. The summed E-state index contributed by atoms with van der Waals surface area (Å²) in [7, 11) is 0. The lowest BCUT2D eigenvalue weighted by Gasteiger charge is -2.19. The fourth-order valence-electron chi connectivity index (χ4n) is 2.45. The van der Waals surface area contributed by atoms with Crippen LogP contribution in [0.4, 0.5) is 0 Å². The molecule has 0 amide bonds. The van der Waals surface area contributed by atoms with Gasteiger partial charge >= 0.3 is 5.97 Å². The summed E-state index contributed by atoms with van der Waals surface area (Å²) < 4.78 is 5.38. The molecule has 0 saturated heterocycles. The maximum atomic E-state index is 11.8. The van der Waals surface area contributed by atoms with Gasteiger partial charge in [-0.25, -0.2) is 0 Å². The van der Waals surface area contributed by atoms with Gasteiger partial charge in [0.25, 0.3) is 0 Å². The van der Waals surface area contributed by atoms with E-state index in [1.807, 2.05) is 20.1 Å². The number of hydrogen-bond donors (Lipinski definition) is 1. The molecule has 24 heavy (non-hydrogen) atoms. The van der Waals surface area contributed by atoms with Crippen molar-refractivity contribution in [1.82, 2.24) is 0 Å². The van der Waals surface area contributed by atoms with Gasteiger partial charge in [0.1, 0.15) is 6.61 Å². The quantitative estimate of drug-likeness (QED) is 0.247. The van der Waals surface area contributed by atoms with E-state index in [4.69, 9.17) is 10.5 Å². The highest BCUT2D eigenvalue weighted by Crippen LogP contribution is 2.14. The normalized spacial score (nSPS) is 12.0. The zero-order valence-corrected chi connectivity index (χ0v) is 16.3. The maximum absolute atomic E-state index is 11.8. The number of nitrogens with two attached hydrogens (primary N) is 1. The molecule has 0 unspecified atom stereocenters. The molecule has 0 aliphatic heterocycles. The molecule has 0 aliphatic rings. The van der Waals surface area contributed by atoms with Crippen LogP contribution in [0.15, 0.2) is 4.99 Å². The highest BCUT2D eigenvalue weighted by molar-refractivity contribution is 5.70. The van der Waals surface area contributed by atoms with E-state index >= 15 is 0 Å². The number of aliphatic imine (C=N–C) groups is 1. The first-order chi connectivity index (χ1) is 11.5. The zero-order valence-electron chi connectivity index (χ0n) is 16.3. The molecule has 4 heteroatoms. The minimum absolute atomic E-state index is 0.0821. The third-order valence-corrected chi connectivity index (χ3v) is 4.02. The molecule has 0 fully saturated rings. The van der Waals surface area contributed by atoms with E-state index in [1.165, 1.54) is 44.9 Å². The van der Waals surface area contributed by atoms with E-state index in [9.17, 15) is 4.79 Å². The number of unbranched alkanes of at least 4 members (excludes halogenated alkanes) is 8. The Labute approximate surface area is 149 Å². The van der Waals surface area contributed by atoms with Gasteiger partial charge in [-0.05, 0) is 19.4 Å². The first kappa shape index (κ1) is 23.1. The molecule has 0 saturated carbocycles. The number of carbonyl (C=O) groups is 1. The van der Waals surface area contributed by atoms with Crippen molar-refractivity contribution in [2.75, 3.05) is 19.7 Å². The molecular weight excluding hydrogens is 300 g/mol. The van der Waals surface area contributed by atoms with Crippen molar-refractivity contribution in [3.05, 3.63) is 0 Å². The number of esters is 1. The van der Waals surface area contributed by atoms with E-state index in [2.05, 4.69) is 11.9 Å². The Morgan fingerprint density at radius 1 is 1.00 bits per heavy atom. The summed E-state index contributed by atoms with van der Waals surface area (Å²) in [6.45, 7) is 8.11. The molecule has 0 spiro atoms. The molecule has 0 heterocycles. The molecule has 0 radical (unpaired) electrons. The molecule has 0 bridgehead atoms. The van der Waals surface area contributed by atoms with E-state index < -0.39 is 0 Å². The summed E-state index contributed by atoms with van der Waals surface area (Å²) in [6.07, 6.45) is 14.7. The highest BCUT2D eigenvalue weighted by Gasteiger charge is 2.17. The van der Waals surface area contributed by atoms with Crippen LogP contribution < -0.4 is 5.73 Å². The van der Waals surface area contributed by atoms with Crippen LogP contribution in [-0.4, -0.2) is 31.9 Å². The standard InChI is InChI=1S/C20H40N2O2/c1-4-5-6-7-8-9-10-11-12-14-19(23)24-18-20(2,3)17-22-16-13-15-21/h17H,4-16,18,21H2,1-3H3. The van der Waals surface area contributed by atoms with Crippen molar-refractivity contribution in [2.45, 2.75) is 91.4 Å². The smallest absolute Gasteiger partial charge is 0.305 e. The van der Waals surface area contributed by atoms with Crippen LogP contribution in [0.25, 0.3) is 0 Å². The summed E-state index contributed by atoms with van der Waals surface area (Å²) in [4.78, 5) is 16.1. The molecule has 0 atom stereocenters. The van der Waals surface area contributed by atoms with E-state index in [-0.39, 0.29) is 11.4 Å². The second-order valence-electron chi connectivity index (χ2n) is 7.41. The monoisotopic (exact) mass is 340 g/mol. The first-order valence-electron chi connectivity index (χ1n) is 9.88. The van der Waals surface area contributed by atoms with Crippen molar-refractivity contribution in [3.8, 4) is 0 Å². The van der Waals surface area contributed by atoms with Crippen LogP contribution in [0.1, 0.15) is 91.4 Å². The Hall–Kier alpha value is -0.900. The number of rotatable bonds is 16. The summed E-state index contributed by atoms with van der Waals surface area (Å²) in [5.74, 6) is -0.0821. The van der Waals surface area contributed by atoms with Gasteiger partial charge in [-0.15, -0.1) is 0 Å². The maximum Gasteiger partial charge on any atom is 0.305 e. The van der Waals surface area contributed by atoms with Crippen LogP contribution in [-0.2, 0) is 9.53 Å². The topological polar surface area (TPSA) is 64.7 Å². The Morgan fingerprint density at radius 2 is 1.58 bits per heavy atom. The minimum atomic E-state index is -0.206. The van der Waals surface area contributed by atoms with E-state index in [1.54, 1.807) is 0 Å². The van der Waals surface area contributed by atoms with Gasteiger partial charge in [-0.2, -0.15) is 0 Å². The zero-order chi connectivity index (χ0) is 18.1. The van der Waals surface area contributed by atoms with E-state index in [0.29, 0.717) is 19.6 Å². The predicted molar refractivity (Wildman–Crippen MR) is 104 cm³/mol. The summed E-state index contributed by atoms with van der Waals surface area (Å²) in [6, 6.07) is 0. The third-order valence-electron chi connectivity index (χ3n) is 4.02. The third kappa shape index (κ3) is 16.0. The summed E-state index contributed by atoms with van der Waals surface area (Å²) in [5.41, 5.74) is 5.23. The molecule has 0 aromatic carbocycles. The number of carbonyl (C=O) groups excluding carboxylic acids is 1. The highest BCUT2D eigenvalue weighted by atomic mass is 16.5. The lowest BCUT2D eigenvalue weighted by molar-refractivity contribution is -0.145. The largest absolute Gasteiger partial charge is 0.465 e. The lowest BCUT2D eigenvalue weighted by Crippen LogP contribution is -2.23. The Kier molecular flexibility index (Phi) is 15.0. The molecule has 0 rings (SSSR count). The number of ether oxygens (including phenoxy) is 1. The van der Waals surface area contributed by atoms with Gasteiger partial charge < -0.3 is 10.5 Å².